The molecule has 2 N–H and O–H groups in total. The first-order valence-electron chi connectivity index (χ1n) is 7.83. The van der Waals surface area contributed by atoms with E-state index in [0.717, 1.165) is 18.5 Å². The van der Waals surface area contributed by atoms with E-state index >= 15 is 0 Å². The van der Waals surface area contributed by atoms with Crippen LogP contribution in [-0.2, 0) is 0 Å². The van der Waals surface area contributed by atoms with Crippen molar-refractivity contribution in [2.45, 2.75) is 52.1 Å². The van der Waals surface area contributed by atoms with Crippen LogP contribution < -0.4 is 5.32 Å². The third-order valence-corrected chi connectivity index (χ3v) is 4.18. The number of nitrogens with one attached hydrogen (secondary N) is 1. The summed E-state index contributed by atoms with van der Waals surface area (Å²) in [4.78, 5) is 14.6. The molecule has 0 aliphatic carbocycles. The predicted molar refractivity (Wildman–Crippen MR) is 84.7 cm³/mol. The number of carbonyl (C=O) groups is 1. The summed E-state index contributed by atoms with van der Waals surface area (Å²) < 4.78 is 0. The van der Waals surface area contributed by atoms with Crippen molar-refractivity contribution in [1.29, 1.82) is 0 Å². The molecule has 1 aliphatic heterocycles. The molecule has 4 nitrogen and oxygen atoms in total. The van der Waals surface area contributed by atoms with Crippen molar-refractivity contribution in [3.05, 3.63) is 29.3 Å². The first-order valence-corrected chi connectivity index (χ1v) is 7.83. The fourth-order valence-corrected chi connectivity index (χ4v) is 2.83. The Labute approximate surface area is 127 Å². The van der Waals surface area contributed by atoms with E-state index in [9.17, 15) is 9.90 Å². The van der Waals surface area contributed by atoms with Gasteiger partial charge >= 0.3 is 0 Å². The summed E-state index contributed by atoms with van der Waals surface area (Å²) in [6, 6.07) is 5.81. The molecule has 0 aromatic heterocycles. The van der Waals surface area contributed by atoms with Gasteiger partial charge in [0, 0.05) is 18.6 Å². The summed E-state index contributed by atoms with van der Waals surface area (Å²) in [6.45, 7) is 7.58. The molecule has 1 atom stereocenters. The van der Waals surface area contributed by atoms with Crippen LogP contribution in [0.3, 0.4) is 0 Å². The van der Waals surface area contributed by atoms with Gasteiger partial charge < -0.3 is 15.3 Å². The second kappa shape index (κ2) is 6.94. The molecule has 1 aliphatic rings. The summed E-state index contributed by atoms with van der Waals surface area (Å²) in [5.74, 6) is 0.0170. The van der Waals surface area contributed by atoms with Crippen molar-refractivity contribution in [2.24, 2.45) is 0 Å². The van der Waals surface area contributed by atoms with Crippen LogP contribution in [0.15, 0.2) is 18.2 Å². The molecule has 1 fully saturated rings. The van der Waals surface area contributed by atoms with Crippen LogP contribution in [0.2, 0.25) is 0 Å². The number of phenolic OH excluding ortho intramolecular Hbond substituents is 1. The Kier molecular flexibility index (Phi) is 5.23. The monoisotopic (exact) mass is 290 g/mol. The molecule has 1 saturated heterocycles. The maximum atomic E-state index is 12.8. The summed E-state index contributed by atoms with van der Waals surface area (Å²) in [5, 5.41) is 13.6. The maximum Gasteiger partial charge on any atom is 0.257 e. The maximum absolute atomic E-state index is 12.8. The van der Waals surface area contributed by atoms with Gasteiger partial charge in [-0.25, -0.2) is 0 Å². The third kappa shape index (κ3) is 3.76. The highest BCUT2D eigenvalue weighted by molar-refractivity contribution is 5.97. The Hall–Kier alpha value is -1.55. The van der Waals surface area contributed by atoms with Gasteiger partial charge in [0.15, 0.2) is 0 Å². The zero-order chi connectivity index (χ0) is 15.4. The Morgan fingerprint density at radius 1 is 1.43 bits per heavy atom. The average molecular weight is 290 g/mol. The van der Waals surface area contributed by atoms with E-state index < -0.39 is 0 Å². The van der Waals surface area contributed by atoms with Gasteiger partial charge in [-0.2, -0.15) is 0 Å². The Morgan fingerprint density at radius 2 is 2.19 bits per heavy atom. The fourth-order valence-electron chi connectivity index (χ4n) is 2.83. The molecule has 4 heteroatoms. The lowest BCUT2D eigenvalue weighted by Gasteiger charge is -2.33. The topological polar surface area (TPSA) is 52.6 Å². The van der Waals surface area contributed by atoms with E-state index in [-0.39, 0.29) is 17.7 Å². The first-order chi connectivity index (χ1) is 10.0. The van der Waals surface area contributed by atoms with Crippen molar-refractivity contribution >= 4 is 5.91 Å². The van der Waals surface area contributed by atoms with Gasteiger partial charge in [-0.1, -0.05) is 18.6 Å². The minimum atomic E-state index is -0.0847. The number of hydrogen-bond acceptors (Lipinski definition) is 3. The highest BCUT2D eigenvalue weighted by atomic mass is 16.3. The minimum Gasteiger partial charge on any atom is -0.507 e. The molecule has 0 saturated carbocycles. The lowest BCUT2D eigenvalue weighted by Crippen LogP contribution is -2.48. The highest BCUT2D eigenvalue weighted by Gasteiger charge is 2.25. The summed E-state index contributed by atoms with van der Waals surface area (Å²) in [7, 11) is 0. The van der Waals surface area contributed by atoms with E-state index in [1.807, 2.05) is 37.8 Å². The molecular formula is C17H26N2O2. The van der Waals surface area contributed by atoms with Crippen molar-refractivity contribution < 1.29 is 9.90 Å². The molecule has 1 aromatic carbocycles. The van der Waals surface area contributed by atoms with E-state index in [2.05, 4.69) is 5.32 Å². The number of aryl methyl sites for hydroxylation is 1. The first kappa shape index (κ1) is 15.8. The molecule has 0 radical (unpaired) electrons. The van der Waals surface area contributed by atoms with Crippen LogP contribution in [-0.4, -0.2) is 41.1 Å². The van der Waals surface area contributed by atoms with Crippen LogP contribution in [0.5, 0.6) is 5.75 Å². The van der Waals surface area contributed by atoms with Crippen molar-refractivity contribution in [1.82, 2.24) is 10.2 Å². The van der Waals surface area contributed by atoms with Crippen LogP contribution in [0, 0.1) is 6.92 Å². The zero-order valence-corrected chi connectivity index (χ0v) is 13.2. The van der Waals surface area contributed by atoms with Crippen molar-refractivity contribution in [3.63, 3.8) is 0 Å². The van der Waals surface area contributed by atoms with Gasteiger partial charge in [-0.3, -0.25) is 4.79 Å². The Morgan fingerprint density at radius 3 is 2.81 bits per heavy atom. The molecule has 116 valence electrons. The molecule has 2 rings (SSSR count). The van der Waals surface area contributed by atoms with Crippen LogP contribution in [0.4, 0.5) is 0 Å². The van der Waals surface area contributed by atoms with Gasteiger partial charge in [0.25, 0.3) is 5.91 Å². The second-order valence-corrected chi connectivity index (χ2v) is 6.17. The number of hydrogen-bond donors (Lipinski definition) is 2. The highest BCUT2D eigenvalue weighted by Crippen LogP contribution is 2.24. The minimum absolute atomic E-state index is 0.0847. The summed E-state index contributed by atoms with van der Waals surface area (Å²) in [5.41, 5.74) is 1.14. The van der Waals surface area contributed by atoms with E-state index in [1.165, 1.54) is 12.8 Å². The molecule has 0 bridgehead atoms. The summed E-state index contributed by atoms with van der Waals surface area (Å²) >= 11 is 0. The van der Waals surface area contributed by atoms with Gasteiger partial charge in [0.1, 0.15) is 5.75 Å². The van der Waals surface area contributed by atoms with Crippen molar-refractivity contribution in [3.8, 4) is 5.75 Å². The third-order valence-electron chi connectivity index (χ3n) is 4.18. The normalized spacial score (nSPS) is 18.8. The van der Waals surface area contributed by atoms with E-state index in [0.29, 0.717) is 18.2 Å². The van der Waals surface area contributed by atoms with Gasteiger partial charge in [-0.15, -0.1) is 0 Å². The number of amides is 1. The van der Waals surface area contributed by atoms with Gasteiger partial charge in [0.2, 0.25) is 0 Å². The number of piperidine rings is 1. The Bertz CT molecular complexity index is 494. The number of para-hydroxylation sites is 1. The molecule has 1 aromatic rings. The average Bonchev–Trinajstić information content (AvgIpc) is 2.48. The van der Waals surface area contributed by atoms with E-state index in [1.54, 1.807) is 6.07 Å². The smallest absolute Gasteiger partial charge is 0.257 e. The number of carbonyl (C=O) groups excluding carboxylic acids is 1. The number of nitrogens with zero attached hydrogens (tertiary/aromatic N) is 1. The molecule has 1 heterocycles. The Balaban J connectivity index is 2.17. The molecule has 1 amide bonds. The quantitative estimate of drug-likeness (QED) is 0.896. The van der Waals surface area contributed by atoms with Crippen molar-refractivity contribution in [2.75, 3.05) is 13.1 Å². The van der Waals surface area contributed by atoms with Crippen LogP contribution in [0.1, 0.15) is 49.0 Å². The van der Waals surface area contributed by atoms with Gasteiger partial charge in [-0.05, 0) is 51.8 Å². The largest absolute Gasteiger partial charge is 0.507 e. The standard InChI is InChI=1S/C17H26N2O2/c1-12(2)19(11-14-8-4-5-10-18-14)17(21)15-9-6-7-13(3)16(15)20/h6-7,9,12,14,18,20H,4-5,8,10-11H2,1-3H3. The molecular weight excluding hydrogens is 264 g/mol. The van der Waals surface area contributed by atoms with Crippen LogP contribution >= 0.6 is 0 Å². The molecule has 0 spiro atoms. The zero-order valence-electron chi connectivity index (χ0n) is 13.2. The summed E-state index contributed by atoms with van der Waals surface area (Å²) in [6.07, 6.45) is 3.54. The molecule has 21 heavy (non-hydrogen) atoms. The predicted octanol–water partition coefficient (Wildman–Crippen LogP) is 2.69. The van der Waals surface area contributed by atoms with E-state index in [4.69, 9.17) is 0 Å². The van der Waals surface area contributed by atoms with Gasteiger partial charge in [0.05, 0.1) is 5.56 Å². The molecule has 1 unspecified atom stereocenters. The lowest BCUT2D eigenvalue weighted by atomic mass is 10.0. The number of benzene rings is 1. The number of aromatic hydroxyl groups is 1. The van der Waals surface area contributed by atoms with Crippen LogP contribution in [0.25, 0.3) is 0 Å². The lowest BCUT2D eigenvalue weighted by molar-refractivity contribution is 0.0673. The number of phenols is 1. The fraction of sp³-hybridized carbons (Fsp3) is 0.588. The second-order valence-electron chi connectivity index (χ2n) is 6.17. The number of rotatable bonds is 4. The SMILES string of the molecule is Cc1cccc(C(=O)N(CC2CCCCN2)C(C)C)c1O.